The van der Waals surface area contributed by atoms with Gasteiger partial charge in [-0.3, -0.25) is 0 Å². The van der Waals surface area contributed by atoms with E-state index in [2.05, 4.69) is 29.8 Å². The maximum absolute atomic E-state index is 13.1. The molecule has 1 atom stereocenters. The van der Waals surface area contributed by atoms with E-state index in [1.807, 2.05) is 19.1 Å². The smallest absolute Gasteiger partial charge is 0.137 e. The minimum Gasteiger partial charge on any atom is -0.206 e. The molecule has 0 bridgehead atoms. The Morgan fingerprint density at radius 2 is 2.06 bits per heavy atom. The highest BCUT2D eigenvalue weighted by Crippen LogP contribution is 2.30. The third-order valence-corrected chi connectivity index (χ3v) is 3.26. The second-order valence-electron chi connectivity index (χ2n) is 5.07. The van der Waals surface area contributed by atoms with E-state index in [4.69, 9.17) is 11.6 Å². The molecule has 0 saturated carbocycles. The van der Waals surface area contributed by atoms with Crippen molar-refractivity contribution in [1.29, 1.82) is 0 Å². The van der Waals surface area contributed by atoms with Gasteiger partial charge >= 0.3 is 0 Å². The van der Waals surface area contributed by atoms with Gasteiger partial charge in [0.25, 0.3) is 0 Å². The molecular formula is C13H17BrClF. The molecule has 0 aliphatic rings. The molecule has 0 saturated heterocycles. The van der Waals surface area contributed by atoms with Crippen LogP contribution < -0.4 is 0 Å². The normalized spacial score (nSPS) is 13.9. The molecule has 0 fully saturated rings. The summed E-state index contributed by atoms with van der Waals surface area (Å²) in [5.74, 6) is -0.215. The molecule has 1 unspecified atom stereocenters. The number of alkyl halides is 1. The molecule has 16 heavy (non-hydrogen) atoms. The van der Waals surface area contributed by atoms with Crippen LogP contribution >= 0.6 is 27.5 Å². The third-order valence-electron chi connectivity index (χ3n) is 2.50. The maximum atomic E-state index is 13.1. The van der Waals surface area contributed by atoms with Crippen LogP contribution in [0.25, 0.3) is 0 Å². The van der Waals surface area contributed by atoms with E-state index in [1.165, 1.54) is 6.07 Å². The van der Waals surface area contributed by atoms with E-state index in [-0.39, 0.29) is 16.6 Å². The van der Waals surface area contributed by atoms with Gasteiger partial charge in [0.2, 0.25) is 0 Å². The largest absolute Gasteiger partial charge is 0.206 e. The third kappa shape index (κ3) is 4.42. The monoisotopic (exact) mass is 306 g/mol. The number of hydrogen-bond acceptors (Lipinski definition) is 0. The van der Waals surface area contributed by atoms with Crippen molar-refractivity contribution in [2.75, 3.05) is 0 Å². The van der Waals surface area contributed by atoms with E-state index in [1.54, 1.807) is 0 Å². The lowest BCUT2D eigenvalue weighted by molar-refractivity contribution is 0.331. The molecule has 3 heteroatoms. The lowest BCUT2D eigenvalue weighted by atomic mass is 9.82. The van der Waals surface area contributed by atoms with Crippen molar-refractivity contribution in [2.24, 2.45) is 5.41 Å². The van der Waals surface area contributed by atoms with Gasteiger partial charge in [0, 0.05) is 5.38 Å². The highest BCUT2D eigenvalue weighted by molar-refractivity contribution is 9.10. The predicted molar refractivity (Wildman–Crippen MR) is 71.5 cm³/mol. The summed E-state index contributed by atoms with van der Waals surface area (Å²) in [5.41, 5.74) is 1.27. The quantitative estimate of drug-likeness (QED) is 0.673. The minimum atomic E-state index is -0.215. The summed E-state index contributed by atoms with van der Waals surface area (Å²) in [6.45, 7) is 6.37. The summed E-state index contributed by atoms with van der Waals surface area (Å²) in [5, 5.41) is 0.166. The van der Waals surface area contributed by atoms with E-state index in [0.29, 0.717) is 4.47 Å². The number of benzene rings is 1. The molecular weight excluding hydrogens is 290 g/mol. The second kappa shape index (κ2) is 5.50. The van der Waals surface area contributed by atoms with E-state index >= 15 is 0 Å². The molecule has 0 aromatic heterocycles. The van der Waals surface area contributed by atoms with Crippen LogP contribution in [0.1, 0.15) is 32.8 Å². The summed E-state index contributed by atoms with van der Waals surface area (Å²) in [4.78, 5) is 0. The van der Waals surface area contributed by atoms with Crippen LogP contribution in [0.5, 0.6) is 0 Å². The summed E-state index contributed by atoms with van der Waals surface area (Å²) < 4.78 is 13.6. The van der Waals surface area contributed by atoms with E-state index in [0.717, 1.165) is 18.4 Å². The van der Waals surface area contributed by atoms with Crippen molar-refractivity contribution in [1.82, 2.24) is 0 Å². The molecule has 90 valence electrons. The highest BCUT2D eigenvalue weighted by Gasteiger charge is 2.21. The average Bonchev–Trinajstić information content (AvgIpc) is 2.08. The Hall–Kier alpha value is -0.0800. The first-order chi connectivity index (χ1) is 7.30. The zero-order valence-electron chi connectivity index (χ0n) is 9.86. The van der Waals surface area contributed by atoms with Gasteiger partial charge in [-0.15, -0.1) is 11.6 Å². The lowest BCUT2D eigenvalue weighted by Crippen LogP contribution is -2.18. The zero-order valence-corrected chi connectivity index (χ0v) is 12.2. The Balaban J connectivity index is 2.76. The fourth-order valence-electron chi connectivity index (χ4n) is 2.04. The Labute approximate surface area is 110 Å². The van der Waals surface area contributed by atoms with Crippen molar-refractivity contribution >= 4 is 27.5 Å². The number of rotatable bonds is 4. The summed E-state index contributed by atoms with van der Waals surface area (Å²) in [6, 6.07) is 5.18. The second-order valence-corrected chi connectivity index (χ2v) is 6.67. The SMILES string of the molecule is CC(Cl)CC(C)(C)Cc1ccc(F)c(Br)c1. The van der Waals surface area contributed by atoms with Crippen LogP contribution in [-0.4, -0.2) is 5.38 Å². The topological polar surface area (TPSA) is 0 Å². The molecule has 1 aromatic carbocycles. The van der Waals surface area contributed by atoms with Crippen molar-refractivity contribution in [3.63, 3.8) is 0 Å². The fraction of sp³-hybridized carbons (Fsp3) is 0.538. The standard InChI is InChI=1S/C13H17BrClF/c1-9(15)7-13(2,3)8-10-4-5-12(16)11(14)6-10/h4-6,9H,7-8H2,1-3H3. The Kier molecular flexibility index (Phi) is 4.81. The van der Waals surface area contributed by atoms with Crippen LogP contribution in [-0.2, 0) is 6.42 Å². The van der Waals surface area contributed by atoms with Gasteiger partial charge in [0.05, 0.1) is 4.47 Å². The molecule has 0 heterocycles. The van der Waals surface area contributed by atoms with Gasteiger partial charge in [-0.25, -0.2) is 4.39 Å². The van der Waals surface area contributed by atoms with Crippen molar-refractivity contribution in [3.05, 3.63) is 34.1 Å². The van der Waals surface area contributed by atoms with Gasteiger partial charge < -0.3 is 0 Å². The van der Waals surface area contributed by atoms with Gasteiger partial charge in [0.15, 0.2) is 0 Å². The minimum absolute atomic E-state index is 0.137. The molecule has 1 rings (SSSR count). The van der Waals surface area contributed by atoms with Gasteiger partial charge in [-0.2, -0.15) is 0 Å². The Morgan fingerprint density at radius 3 is 2.56 bits per heavy atom. The van der Waals surface area contributed by atoms with Crippen molar-refractivity contribution < 1.29 is 4.39 Å². The van der Waals surface area contributed by atoms with Gasteiger partial charge in [0.1, 0.15) is 5.82 Å². The predicted octanol–water partition coefficient (Wildman–Crippen LogP) is 5.17. The fourth-order valence-corrected chi connectivity index (χ4v) is 2.88. The molecule has 0 nitrogen and oxygen atoms in total. The van der Waals surface area contributed by atoms with Crippen LogP contribution in [0, 0.1) is 11.2 Å². The molecule has 0 aliphatic heterocycles. The van der Waals surface area contributed by atoms with Gasteiger partial charge in [-0.05, 0) is 58.8 Å². The highest BCUT2D eigenvalue weighted by atomic mass is 79.9. The van der Waals surface area contributed by atoms with Gasteiger partial charge in [-0.1, -0.05) is 19.9 Å². The summed E-state index contributed by atoms with van der Waals surface area (Å²) >= 11 is 9.22. The molecule has 0 N–H and O–H groups in total. The molecule has 0 aliphatic carbocycles. The summed E-state index contributed by atoms with van der Waals surface area (Å²) in [6.07, 6.45) is 1.85. The van der Waals surface area contributed by atoms with E-state index < -0.39 is 0 Å². The van der Waals surface area contributed by atoms with Crippen LogP contribution in [0.3, 0.4) is 0 Å². The lowest BCUT2D eigenvalue weighted by Gasteiger charge is -2.26. The molecule has 0 radical (unpaired) electrons. The Morgan fingerprint density at radius 1 is 1.44 bits per heavy atom. The molecule has 0 amide bonds. The summed E-state index contributed by atoms with van der Waals surface area (Å²) in [7, 11) is 0. The van der Waals surface area contributed by atoms with Crippen LogP contribution in [0.15, 0.2) is 22.7 Å². The van der Waals surface area contributed by atoms with Crippen molar-refractivity contribution in [3.8, 4) is 0 Å². The first-order valence-electron chi connectivity index (χ1n) is 5.38. The first-order valence-corrected chi connectivity index (χ1v) is 6.61. The number of hydrogen-bond donors (Lipinski definition) is 0. The van der Waals surface area contributed by atoms with Crippen molar-refractivity contribution in [2.45, 2.75) is 39.0 Å². The van der Waals surface area contributed by atoms with Crippen LogP contribution in [0.2, 0.25) is 0 Å². The van der Waals surface area contributed by atoms with Crippen LogP contribution in [0.4, 0.5) is 4.39 Å². The first kappa shape index (κ1) is 14.0. The zero-order chi connectivity index (χ0) is 12.3. The maximum Gasteiger partial charge on any atom is 0.137 e. The average molecular weight is 308 g/mol. The Bertz CT molecular complexity index is 361. The number of halogens is 3. The van der Waals surface area contributed by atoms with E-state index in [9.17, 15) is 4.39 Å². The molecule has 0 spiro atoms. The molecule has 1 aromatic rings.